The molecular weight excluding hydrogens is 515 g/mol. The molecule has 0 saturated heterocycles. The van der Waals surface area contributed by atoms with Gasteiger partial charge in [-0.05, 0) is 73.4 Å². The maximum Gasteiger partial charge on any atom is 0.241 e. The molecular formula is C29H29FN6O2S. The Morgan fingerprint density at radius 1 is 1.00 bits per heavy atom. The fourth-order valence-corrected chi connectivity index (χ4v) is 6.51. The number of aromatic nitrogens is 1. The fraction of sp³-hybridized carbons (Fsp3) is 0.138. The van der Waals surface area contributed by atoms with Crippen LogP contribution in [0.3, 0.4) is 0 Å². The van der Waals surface area contributed by atoms with Crippen LogP contribution < -0.4 is 14.9 Å². The number of fused-ring (bicyclic) bond motifs is 2. The highest BCUT2D eigenvalue weighted by Gasteiger charge is 2.42. The molecule has 6 rings (SSSR count). The molecule has 0 amide bonds. The summed E-state index contributed by atoms with van der Waals surface area (Å²) in [6.07, 6.45) is 3.78. The molecule has 4 aromatic rings. The highest BCUT2D eigenvalue weighted by atomic mass is 32.2. The number of sulfonamides is 1. The van der Waals surface area contributed by atoms with Crippen molar-refractivity contribution in [1.29, 1.82) is 10.8 Å². The summed E-state index contributed by atoms with van der Waals surface area (Å²) in [5.41, 5.74) is 2.52. The van der Waals surface area contributed by atoms with E-state index in [4.69, 9.17) is 10.8 Å². The molecule has 1 aliphatic heterocycles. The Morgan fingerprint density at radius 3 is 2.41 bits per heavy atom. The minimum Gasteiger partial charge on any atom is -0.338 e. The SMILES string of the molecule is N=C(c1ccc(C2(NS(=O)(=O)c3ccc(F)cc3)CCC2)cc1)N1C(=N)c2ccccc2Nc2ncccc21.[HH].[HH]. The van der Waals surface area contributed by atoms with Crippen molar-refractivity contribution < 1.29 is 15.7 Å². The predicted octanol–water partition coefficient (Wildman–Crippen LogP) is 5.98. The van der Waals surface area contributed by atoms with Gasteiger partial charge in [-0.2, -0.15) is 0 Å². The molecule has 0 bridgehead atoms. The van der Waals surface area contributed by atoms with Crippen LogP contribution in [0.4, 0.5) is 21.6 Å². The molecule has 2 aliphatic rings. The quantitative estimate of drug-likeness (QED) is 0.182. The van der Waals surface area contributed by atoms with Crippen molar-refractivity contribution in [3.05, 3.63) is 114 Å². The van der Waals surface area contributed by atoms with Crippen molar-refractivity contribution in [2.45, 2.75) is 29.7 Å². The lowest BCUT2D eigenvalue weighted by atomic mass is 9.72. The van der Waals surface area contributed by atoms with Crippen LogP contribution in [0.25, 0.3) is 0 Å². The molecule has 200 valence electrons. The van der Waals surface area contributed by atoms with E-state index in [9.17, 15) is 12.8 Å². The molecule has 1 saturated carbocycles. The molecule has 1 fully saturated rings. The average Bonchev–Trinajstić information content (AvgIpc) is 3.04. The molecule has 0 spiro atoms. The minimum absolute atomic E-state index is 0. The standard InChI is InChI=1S/C29H25FN6O2S.2H2/c30-21-12-14-22(15-13-21)39(37,38)35-29(16-4-17-29)20-10-8-19(9-11-20)26(31)36-25-7-3-18-33-28(25)34-24-6-2-1-5-23(24)27(36)32;;/h1-3,5-15,18,31-32,35H,4,16-17H2,(H,33,34);2*1H. The van der Waals surface area contributed by atoms with E-state index in [-0.39, 0.29) is 19.4 Å². The molecule has 8 nitrogen and oxygen atoms in total. The van der Waals surface area contributed by atoms with E-state index < -0.39 is 21.4 Å². The van der Waals surface area contributed by atoms with Crippen molar-refractivity contribution in [3.8, 4) is 0 Å². The van der Waals surface area contributed by atoms with Gasteiger partial charge in [-0.25, -0.2) is 22.5 Å². The van der Waals surface area contributed by atoms with Crippen LogP contribution >= 0.6 is 0 Å². The molecule has 4 N–H and O–H groups in total. The Kier molecular flexibility index (Phi) is 6.00. The number of para-hydroxylation sites is 1. The Hall–Kier alpha value is -4.41. The number of nitrogens with one attached hydrogen (secondary N) is 4. The molecule has 2 heterocycles. The number of benzene rings is 3. The van der Waals surface area contributed by atoms with Crippen LogP contribution in [0, 0.1) is 16.6 Å². The van der Waals surface area contributed by atoms with E-state index in [0.29, 0.717) is 35.5 Å². The number of amidine groups is 2. The lowest BCUT2D eigenvalue weighted by Crippen LogP contribution is -2.50. The summed E-state index contributed by atoms with van der Waals surface area (Å²) in [6, 6.07) is 23.0. The zero-order valence-corrected chi connectivity index (χ0v) is 21.6. The number of nitrogens with zero attached hydrogens (tertiary/aromatic N) is 2. The lowest BCUT2D eigenvalue weighted by Gasteiger charge is -2.42. The third-order valence-corrected chi connectivity index (χ3v) is 8.83. The van der Waals surface area contributed by atoms with Crippen molar-refractivity contribution in [2.75, 3.05) is 10.2 Å². The predicted molar refractivity (Wildman–Crippen MR) is 153 cm³/mol. The monoisotopic (exact) mass is 544 g/mol. The van der Waals surface area contributed by atoms with Gasteiger partial charge in [-0.15, -0.1) is 0 Å². The number of rotatable bonds is 5. The summed E-state index contributed by atoms with van der Waals surface area (Å²) < 4.78 is 42.3. The second kappa shape index (κ2) is 9.40. The maximum atomic E-state index is 13.3. The Morgan fingerprint density at radius 2 is 1.72 bits per heavy atom. The summed E-state index contributed by atoms with van der Waals surface area (Å²) in [7, 11) is -3.87. The van der Waals surface area contributed by atoms with Crippen LogP contribution in [-0.4, -0.2) is 25.1 Å². The molecule has 39 heavy (non-hydrogen) atoms. The first-order valence-corrected chi connectivity index (χ1v) is 13.9. The zero-order chi connectivity index (χ0) is 27.2. The summed E-state index contributed by atoms with van der Waals surface area (Å²) in [5.74, 6) is 0.271. The van der Waals surface area contributed by atoms with Gasteiger partial charge >= 0.3 is 0 Å². The first-order chi connectivity index (χ1) is 18.8. The highest BCUT2D eigenvalue weighted by Crippen LogP contribution is 2.43. The topological polar surface area (TPSA) is 122 Å². The summed E-state index contributed by atoms with van der Waals surface area (Å²) in [6.45, 7) is 0. The second-order valence-electron chi connectivity index (χ2n) is 9.65. The fourth-order valence-electron chi connectivity index (χ4n) is 5.06. The van der Waals surface area contributed by atoms with Crippen molar-refractivity contribution in [3.63, 3.8) is 0 Å². The van der Waals surface area contributed by atoms with Crippen LogP contribution in [0.5, 0.6) is 0 Å². The Labute approximate surface area is 228 Å². The third kappa shape index (κ3) is 4.37. The summed E-state index contributed by atoms with van der Waals surface area (Å²) >= 11 is 0. The molecule has 0 unspecified atom stereocenters. The van der Waals surface area contributed by atoms with Gasteiger partial charge < -0.3 is 5.32 Å². The van der Waals surface area contributed by atoms with Gasteiger partial charge in [0, 0.05) is 20.2 Å². The second-order valence-corrected chi connectivity index (χ2v) is 11.3. The van der Waals surface area contributed by atoms with Gasteiger partial charge in [0.2, 0.25) is 10.0 Å². The van der Waals surface area contributed by atoms with E-state index in [2.05, 4.69) is 15.0 Å². The molecule has 0 radical (unpaired) electrons. The third-order valence-electron chi connectivity index (χ3n) is 7.28. The van der Waals surface area contributed by atoms with Gasteiger partial charge in [0.1, 0.15) is 17.5 Å². The molecule has 10 heteroatoms. The molecule has 1 aromatic heterocycles. The van der Waals surface area contributed by atoms with Gasteiger partial charge in [0.15, 0.2) is 5.82 Å². The van der Waals surface area contributed by atoms with Gasteiger partial charge in [-0.3, -0.25) is 15.7 Å². The maximum absolute atomic E-state index is 13.3. The van der Waals surface area contributed by atoms with E-state index >= 15 is 0 Å². The number of pyridine rings is 1. The molecule has 0 atom stereocenters. The van der Waals surface area contributed by atoms with E-state index in [1.807, 2.05) is 42.5 Å². The van der Waals surface area contributed by atoms with Crippen molar-refractivity contribution in [1.82, 2.24) is 9.71 Å². The molecule has 3 aromatic carbocycles. The highest BCUT2D eigenvalue weighted by molar-refractivity contribution is 7.89. The van der Waals surface area contributed by atoms with Crippen LogP contribution in [-0.2, 0) is 15.6 Å². The van der Waals surface area contributed by atoms with E-state index in [1.165, 1.54) is 12.1 Å². The number of anilines is 3. The minimum atomic E-state index is -3.87. The summed E-state index contributed by atoms with van der Waals surface area (Å²) in [5, 5.41) is 21.3. The summed E-state index contributed by atoms with van der Waals surface area (Å²) in [4.78, 5) is 5.99. The number of halogens is 1. The van der Waals surface area contributed by atoms with E-state index in [1.54, 1.807) is 29.3 Å². The van der Waals surface area contributed by atoms with E-state index in [0.717, 1.165) is 29.8 Å². The average molecular weight is 545 g/mol. The van der Waals surface area contributed by atoms with Gasteiger partial charge in [-0.1, -0.05) is 36.4 Å². The van der Waals surface area contributed by atoms with Crippen molar-refractivity contribution >= 4 is 38.9 Å². The normalized spacial score (nSPS) is 15.8. The zero-order valence-electron chi connectivity index (χ0n) is 20.8. The largest absolute Gasteiger partial charge is 0.338 e. The number of hydrogen-bond acceptors (Lipinski definition) is 6. The Bertz CT molecular complexity index is 1710. The molecule has 1 aliphatic carbocycles. The first kappa shape index (κ1) is 24.9. The number of hydrogen-bond donors (Lipinski definition) is 4. The van der Waals surface area contributed by atoms with Crippen LogP contribution in [0.1, 0.15) is 38.8 Å². The van der Waals surface area contributed by atoms with Crippen LogP contribution in [0.15, 0.2) is 96.0 Å². The van der Waals surface area contributed by atoms with Crippen LogP contribution in [0.2, 0.25) is 0 Å². The smallest absolute Gasteiger partial charge is 0.241 e. The Balaban J connectivity index is 0.00000194. The van der Waals surface area contributed by atoms with Gasteiger partial charge in [0.05, 0.1) is 21.8 Å². The lowest BCUT2D eigenvalue weighted by molar-refractivity contribution is 0.224. The van der Waals surface area contributed by atoms with Crippen molar-refractivity contribution in [2.24, 2.45) is 0 Å². The van der Waals surface area contributed by atoms with Gasteiger partial charge in [0.25, 0.3) is 0 Å². The first-order valence-electron chi connectivity index (χ1n) is 12.5.